The number of benzene rings is 4. The number of ether oxygens (including phenoxy) is 2. The minimum Gasteiger partial charge on any atom is -0.462 e. The van der Waals surface area contributed by atoms with Gasteiger partial charge in [0.05, 0.1) is 13.2 Å². The first-order valence-electron chi connectivity index (χ1n) is 12.9. The lowest BCUT2D eigenvalue weighted by molar-refractivity contribution is 0.0517. The third kappa shape index (κ3) is 4.14. The van der Waals surface area contributed by atoms with E-state index in [2.05, 4.69) is 30.3 Å². The highest BCUT2D eigenvalue weighted by molar-refractivity contribution is 6.14. The van der Waals surface area contributed by atoms with Crippen LogP contribution in [0.25, 0.3) is 55.6 Å². The predicted molar refractivity (Wildman–Crippen MR) is 153 cm³/mol. The van der Waals surface area contributed by atoms with E-state index in [0.29, 0.717) is 44.6 Å². The van der Waals surface area contributed by atoms with Crippen molar-refractivity contribution in [1.82, 2.24) is 0 Å². The van der Waals surface area contributed by atoms with Gasteiger partial charge in [0.15, 0.2) is 0 Å². The number of fused-ring (bicyclic) bond motifs is 4. The number of esters is 2. The van der Waals surface area contributed by atoms with Crippen molar-refractivity contribution in [2.45, 2.75) is 20.8 Å². The van der Waals surface area contributed by atoms with E-state index in [1.54, 1.807) is 39.0 Å². The van der Waals surface area contributed by atoms with Crippen molar-refractivity contribution < 1.29 is 27.9 Å². The molecule has 0 atom stereocenters. The van der Waals surface area contributed by atoms with Crippen LogP contribution in [0.2, 0.25) is 0 Å². The number of hydrogen-bond donors (Lipinski definition) is 0. The molecule has 0 fully saturated rings. The van der Waals surface area contributed by atoms with E-state index in [1.165, 1.54) is 0 Å². The van der Waals surface area contributed by atoms with Crippen molar-refractivity contribution in [2.24, 2.45) is 0 Å². The van der Waals surface area contributed by atoms with Crippen LogP contribution < -0.4 is 0 Å². The van der Waals surface area contributed by atoms with Crippen LogP contribution in [0.1, 0.15) is 51.6 Å². The van der Waals surface area contributed by atoms with E-state index in [9.17, 15) is 9.59 Å². The van der Waals surface area contributed by atoms with Gasteiger partial charge in [0, 0.05) is 10.8 Å². The van der Waals surface area contributed by atoms with Gasteiger partial charge in [-0.2, -0.15) is 0 Å². The summed E-state index contributed by atoms with van der Waals surface area (Å²) >= 11 is 0. The SMILES string of the molecule is CCOC(=O)c1c(C)oc2cc3c(C(=O)OCC)c(/C=C/c4c5ccccc5cc5ccccc45)oc3cc12. The first-order valence-corrected chi connectivity index (χ1v) is 12.9. The third-order valence-corrected chi connectivity index (χ3v) is 6.88. The van der Waals surface area contributed by atoms with E-state index >= 15 is 0 Å². The van der Waals surface area contributed by atoms with Gasteiger partial charge in [-0.15, -0.1) is 0 Å². The summed E-state index contributed by atoms with van der Waals surface area (Å²) in [6.07, 6.45) is 3.78. The Morgan fingerprint density at radius 1 is 0.692 bits per heavy atom. The van der Waals surface area contributed by atoms with Crippen LogP contribution in [0.15, 0.2) is 75.6 Å². The first-order chi connectivity index (χ1) is 19.0. The number of carbonyl (C=O) groups excluding carboxylic acids is 2. The number of carbonyl (C=O) groups is 2. The fourth-order valence-corrected chi connectivity index (χ4v) is 5.20. The molecule has 39 heavy (non-hydrogen) atoms. The molecule has 0 bridgehead atoms. The Bertz CT molecular complexity index is 1880. The summed E-state index contributed by atoms with van der Waals surface area (Å²) in [6.45, 7) is 5.70. The van der Waals surface area contributed by atoms with Crippen LogP contribution in [0, 0.1) is 6.92 Å². The molecule has 6 aromatic rings. The summed E-state index contributed by atoms with van der Waals surface area (Å²) in [5.41, 5.74) is 2.58. The Morgan fingerprint density at radius 3 is 1.85 bits per heavy atom. The van der Waals surface area contributed by atoms with E-state index < -0.39 is 11.9 Å². The molecule has 0 radical (unpaired) electrons. The monoisotopic (exact) mass is 518 g/mol. The molecular weight excluding hydrogens is 492 g/mol. The Kier molecular flexibility index (Phi) is 6.15. The average molecular weight is 519 g/mol. The Balaban J connectivity index is 1.57. The van der Waals surface area contributed by atoms with Gasteiger partial charge >= 0.3 is 11.9 Å². The Hall–Kier alpha value is -4.84. The topological polar surface area (TPSA) is 78.9 Å². The molecule has 2 aromatic heterocycles. The maximum absolute atomic E-state index is 13.2. The number of hydrogen-bond acceptors (Lipinski definition) is 6. The molecule has 0 unspecified atom stereocenters. The van der Waals surface area contributed by atoms with Crippen molar-refractivity contribution in [2.75, 3.05) is 13.2 Å². The summed E-state index contributed by atoms with van der Waals surface area (Å²) in [6, 6.07) is 22.0. The Morgan fingerprint density at radius 2 is 1.23 bits per heavy atom. The van der Waals surface area contributed by atoms with Crippen LogP contribution >= 0.6 is 0 Å². The van der Waals surface area contributed by atoms with Crippen molar-refractivity contribution in [3.05, 3.63) is 94.9 Å². The normalized spacial score (nSPS) is 11.8. The highest BCUT2D eigenvalue weighted by Gasteiger charge is 2.25. The molecule has 0 N–H and O–H groups in total. The molecule has 0 spiro atoms. The summed E-state index contributed by atoms with van der Waals surface area (Å²) < 4.78 is 22.8. The van der Waals surface area contributed by atoms with Crippen LogP contribution in [0.5, 0.6) is 0 Å². The summed E-state index contributed by atoms with van der Waals surface area (Å²) in [4.78, 5) is 25.8. The van der Waals surface area contributed by atoms with Crippen LogP contribution in [0.4, 0.5) is 0 Å². The van der Waals surface area contributed by atoms with Gasteiger partial charge < -0.3 is 18.3 Å². The van der Waals surface area contributed by atoms with Crippen LogP contribution in [0.3, 0.4) is 0 Å². The summed E-state index contributed by atoms with van der Waals surface area (Å²) in [7, 11) is 0. The molecule has 2 heterocycles. The van der Waals surface area contributed by atoms with E-state index in [1.807, 2.05) is 30.3 Å². The van der Waals surface area contributed by atoms with Crippen molar-refractivity contribution in [1.29, 1.82) is 0 Å². The zero-order chi connectivity index (χ0) is 27.1. The molecule has 0 amide bonds. The molecule has 0 aliphatic carbocycles. The van der Waals surface area contributed by atoms with Crippen molar-refractivity contribution in [3.63, 3.8) is 0 Å². The molecule has 0 aliphatic heterocycles. The van der Waals surface area contributed by atoms with Gasteiger partial charge in [-0.25, -0.2) is 9.59 Å². The van der Waals surface area contributed by atoms with E-state index in [-0.39, 0.29) is 13.2 Å². The maximum Gasteiger partial charge on any atom is 0.342 e. The summed E-state index contributed by atoms with van der Waals surface area (Å²) in [5, 5.41) is 5.54. The average Bonchev–Trinajstić information content (AvgIpc) is 3.45. The molecule has 6 heteroatoms. The molecule has 6 rings (SSSR count). The van der Waals surface area contributed by atoms with Crippen molar-refractivity contribution >= 4 is 67.6 Å². The quantitative estimate of drug-likeness (QED) is 0.163. The molecule has 6 nitrogen and oxygen atoms in total. The zero-order valence-electron chi connectivity index (χ0n) is 21.9. The van der Waals surface area contributed by atoms with E-state index in [0.717, 1.165) is 27.1 Å². The highest BCUT2D eigenvalue weighted by atomic mass is 16.5. The fourth-order valence-electron chi connectivity index (χ4n) is 5.20. The lowest BCUT2D eigenvalue weighted by Gasteiger charge is -2.08. The number of rotatable bonds is 6. The van der Waals surface area contributed by atoms with Gasteiger partial charge in [-0.3, -0.25) is 0 Å². The van der Waals surface area contributed by atoms with Gasteiger partial charge in [-0.05, 0) is 72.2 Å². The first kappa shape index (κ1) is 24.5. The van der Waals surface area contributed by atoms with E-state index in [4.69, 9.17) is 18.3 Å². The molecule has 194 valence electrons. The van der Waals surface area contributed by atoms with Gasteiger partial charge in [0.25, 0.3) is 0 Å². The second kappa shape index (κ2) is 9.80. The largest absolute Gasteiger partial charge is 0.462 e. The molecular formula is C33H26O6. The Labute approximate surface area is 224 Å². The zero-order valence-corrected chi connectivity index (χ0v) is 21.9. The summed E-state index contributed by atoms with van der Waals surface area (Å²) in [5.74, 6) is -0.153. The second-order valence-electron chi connectivity index (χ2n) is 9.23. The number of furan rings is 2. The molecule has 0 saturated carbocycles. The smallest absolute Gasteiger partial charge is 0.342 e. The maximum atomic E-state index is 13.2. The third-order valence-electron chi connectivity index (χ3n) is 6.88. The number of aryl methyl sites for hydroxylation is 1. The predicted octanol–water partition coefficient (Wildman–Crippen LogP) is 8.32. The van der Waals surface area contributed by atoms with Crippen molar-refractivity contribution in [3.8, 4) is 0 Å². The van der Waals surface area contributed by atoms with Crippen LogP contribution in [-0.4, -0.2) is 25.2 Å². The van der Waals surface area contributed by atoms with Gasteiger partial charge in [-0.1, -0.05) is 54.6 Å². The standard InChI is InChI=1S/C33H26O6/c1-4-36-32(34)30-19(3)38-28-18-26-29(17-25(28)30)39-27(31(26)33(35)37-5-2)15-14-24-22-12-8-6-10-20(22)16-21-11-7-9-13-23(21)24/h6-18H,4-5H2,1-3H3/b15-14+. The minimum absolute atomic E-state index is 0.220. The van der Waals surface area contributed by atoms with Gasteiger partial charge in [0.2, 0.25) is 0 Å². The molecule has 0 saturated heterocycles. The van der Waals surface area contributed by atoms with Crippen LogP contribution in [-0.2, 0) is 9.47 Å². The molecule has 0 aliphatic rings. The highest BCUT2D eigenvalue weighted by Crippen LogP contribution is 2.36. The lowest BCUT2D eigenvalue weighted by Crippen LogP contribution is -2.05. The lowest BCUT2D eigenvalue weighted by atomic mass is 9.96. The second-order valence-corrected chi connectivity index (χ2v) is 9.23. The van der Waals surface area contributed by atoms with Gasteiger partial charge in [0.1, 0.15) is 33.8 Å². The minimum atomic E-state index is -0.494. The fraction of sp³-hybridized carbons (Fsp3) is 0.152. The molecule has 4 aromatic carbocycles.